The molecule has 0 aromatic heterocycles. The van der Waals surface area contributed by atoms with Crippen molar-refractivity contribution in [1.82, 2.24) is 10.6 Å². The van der Waals surface area contributed by atoms with Crippen LogP contribution < -0.4 is 10.6 Å². The molecule has 0 spiro atoms. The topological polar surface area (TPSA) is 84.5 Å². The molecule has 130 valence electrons. The summed E-state index contributed by atoms with van der Waals surface area (Å²) in [4.78, 5) is 35.7. The maximum absolute atomic E-state index is 12.9. The molecule has 7 heteroatoms. The summed E-state index contributed by atoms with van der Waals surface area (Å²) in [6.45, 7) is 0. The molecule has 0 aliphatic rings. The maximum Gasteiger partial charge on any atom is 0.321 e. The average molecular weight is 344 g/mol. The summed E-state index contributed by atoms with van der Waals surface area (Å²) in [5, 5.41) is 4.34. The third-order valence-electron chi connectivity index (χ3n) is 3.32. The molecule has 0 fully saturated rings. The van der Waals surface area contributed by atoms with Crippen LogP contribution in [0.1, 0.15) is 17.2 Å². The first-order chi connectivity index (χ1) is 12.0. The fraction of sp³-hybridized carbons (Fsp3) is 0.167. The normalized spacial score (nSPS) is 11.3. The maximum atomic E-state index is 12.9. The molecule has 0 radical (unpaired) electrons. The molecule has 1 unspecified atom stereocenters. The lowest BCUT2D eigenvalue weighted by molar-refractivity contribution is -0.155. The minimum atomic E-state index is -1.27. The summed E-state index contributed by atoms with van der Waals surface area (Å²) < 4.78 is 18.2. The fourth-order valence-corrected chi connectivity index (χ4v) is 2.08. The summed E-state index contributed by atoms with van der Waals surface area (Å²) in [6.07, 6.45) is -1.40. The number of hydrogen-bond acceptors (Lipinski definition) is 4. The summed E-state index contributed by atoms with van der Waals surface area (Å²) in [5.74, 6) is -1.85. The van der Waals surface area contributed by atoms with Gasteiger partial charge in [-0.1, -0.05) is 42.5 Å². The van der Waals surface area contributed by atoms with E-state index in [-0.39, 0.29) is 6.42 Å². The lowest BCUT2D eigenvalue weighted by Gasteiger charge is -2.17. The van der Waals surface area contributed by atoms with Gasteiger partial charge in [-0.25, -0.2) is 9.18 Å². The molecule has 0 aliphatic heterocycles. The van der Waals surface area contributed by atoms with Crippen LogP contribution in [0.3, 0.4) is 0 Å². The van der Waals surface area contributed by atoms with Crippen LogP contribution in [-0.2, 0) is 20.7 Å². The van der Waals surface area contributed by atoms with Crippen LogP contribution in [0.2, 0.25) is 0 Å². The lowest BCUT2D eigenvalue weighted by Crippen LogP contribution is -2.41. The molecule has 0 heterocycles. The van der Waals surface area contributed by atoms with Crippen LogP contribution >= 0.6 is 0 Å². The summed E-state index contributed by atoms with van der Waals surface area (Å²) in [5.41, 5.74) is 0.973. The van der Waals surface area contributed by atoms with Gasteiger partial charge >= 0.3 is 12.0 Å². The zero-order valence-corrected chi connectivity index (χ0v) is 13.5. The highest BCUT2D eigenvalue weighted by molar-refractivity contribution is 5.97. The Hall–Kier alpha value is -3.22. The van der Waals surface area contributed by atoms with Crippen LogP contribution in [-0.4, -0.2) is 25.0 Å². The van der Waals surface area contributed by atoms with Gasteiger partial charge in [0.15, 0.2) is 0 Å². The van der Waals surface area contributed by atoms with Gasteiger partial charge in [-0.2, -0.15) is 0 Å². The molecule has 6 nitrogen and oxygen atoms in total. The van der Waals surface area contributed by atoms with E-state index in [1.807, 2.05) is 0 Å². The molecule has 3 amide bonds. The molecule has 0 saturated heterocycles. The number of nitrogens with one attached hydrogen (secondary N) is 2. The third-order valence-corrected chi connectivity index (χ3v) is 3.32. The Labute approximate surface area is 144 Å². The number of halogens is 1. The number of carbonyl (C=O) groups is 3. The molecule has 2 N–H and O–H groups in total. The van der Waals surface area contributed by atoms with Gasteiger partial charge in [0.1, 0.15) is 5.82 Å². The zero-order chi connectivity index (χ0) is 18.2. The van der Waals surface area contributed by atoms with Crippen molar-refractivity contribution in [3.8, 4) is 0 Å². The van der Waals surface area contributed by atoms with Crippen molar-refractivity contribution in [3.05, 3.63) is 71.5 Å². The average Bonchev–Trinajstić information content (AvgIpc) is 2.62. The molecule has 2 aromatic rings. The van der Waals surface area contributed by atoms with Gasteiger partial charge in [0, 0.05) is 12.6 Å². The quantitative estimate of drug-likeness (QED) is 0.814. The predicted molar refractivity (Wildman–Crippen MR) is 88.0 cm³/mol. The number of esters is 1. The van der Waals surface area contributed by atoms with E-state index >= 15 is 0 Å². The second-order valence-corrected chi connectivity index (χ2v) is 5.15. The Balaban J connectivity index is 2.12. The van der Waals surface area contributed by atoms with Gasteiger partial charge < -0.3 is 10.1 Å². The summed E-state index contributed by atoms with van der Waals surface area (Å²) in [7, 11) is 1.36. The van der Waals surface area contributed by atoms with Crippen molar-refractivity contribution in [2.45, 2.75) is 12.5 Å². The van der Waals surface area contributed by atoms with Gasteiger partial charge in [0.2, 0.25) is 6.10 Å². The van der Waals surface area contributed by atoms with Gasteiger partial charge in [0.05, 0.1) is 6.42 Å². The third kappa shape index (κ3) is 5.42. The van der Waals surface area contributed by atoms with E-state index in [0.717, 1.165) is 0 Å². The van der Waals surface area contributed by atoms with Crippen LogP contribution in [0.4, 0.5) is 9.18 Å². The smallest absolute Gasteiger partial charge is 0.321 e. The van der Waals surface area contributed by atoms with Crippen molar-refractivity contribution in [3.63, 3.8) is 0 Å². The van der Waals surface area contributed by atoms with E-state index in [9.17, 15) is 18.8 Å². The predicted octanol–water partition coefficient (Wildman–Crippen LogP) is 2.11. The molecule has 0 aliphatic carbocycles. The second-order valence-electron chi connectivity index (χ2n) is 5.15. The van der Waals surface area contributed by atoms with E-state index < -0.39 is 29.8 Å². The SMILES string of the molecule is CNC(=O)NC(=O)C(OC(=O)Cc1ccc(F)cc1)c1ccccc1. The second kappa shape index (κ2) is 8.58. The van der Waals surface area contributed by atoms with Crippen molar-refractivity contribution in [1.29, 1.82) is 0 Å². The first kappa shape index (κ1) is 18.1. The Morgan fingerprint density at radius 2 is 1.68 bits per heavy atom. The van der Waals surface area contributed by atoms with Crippen molar-refractivity contribution < 1.29 is 23.5 Å². The van der Waals surface area contributed by atoms with Crippen molar-refractivity contribution >= 4 is 17.9 Å². The monoisotopic (exact) mass is 344 g/mol. The Morgan fingerprint density at radius 3 is 2.28 bits per heavy atom. The largest absolute Gasteiger partial charge is 0.447 e. The van der Waals surface area contributed by atoms with Gasteiger partial charge in [-0.3, -0.25) is 14.9 Å². The van der Waals surface area contributed by atoms with Crippen LogP contribution in [0.25, 0.3) is 0 Å². The number of amides is 3. The number of urea groups is 1. The number of ether oxygens (including phenoxy) is 1. The van der Waals surface area contributed by atoms with E-state index in [0.29, 0.717) is 11.1 Å². The van der Waals surface area contributed by atoms with Crippen molar-refractivity contribution in [2.24, 2.45) is 0 Å². The van der Waals surface area contributed by atoms with E-state index in [2.05, 4.69) is 10.6 Å². The van der Waals surface area contributed by atoms with Gasteiger partial charge in [-0.05, 0) is 17.7 Å². The lowest BCUT2D eigenvalue weighted by atomic mass is 10.1. The van der Waals surface area contributed by atoms with Gasteiger partial charge in [0.25, 0.3) is 5.91 Å². The molecule has 0 saturated carbocycles. The highest BCUT2D eigenvalue weighted by atomic mass is 19.1. The first-order valence-corrected chi connectivity index (χ1v) is 7.51. The minimum Gasteiger partial charge on any atom is -0.447 e. The van der Waals surface area contributed by atoms with Gasteiger partial charge in [-0.15, -0.1) is 0 Å². The number of imide groups is 1. The Kier molecular flexibility index (Phi) is 6.22. The zero-order valence-electron chi connectivity index (χ0n) is 13.5. The fourth-order valence-electron chi connectivity index (χ4n) is 2.08. The highest BCUT2D eigenvalue weighted by Crippen LogP contribution is 2.18. The van der Waals surface area contributed by atoms with E-state index in [1.165, 1.54) is 31.3 Å². The van der Waals surface area contributed by atoms with E-state index in [4.69, 9.17) is 4.74 Å². The molecule has 2 rings (SSSR count). The number of hydrogen-bond donors (Lipinski definition) is 2. The first-order valence-electron chi connectivity index (χ1n) is 7.51. The number of rotatable bonds is 5. The molecule has 2 aromatic carbocycles. The molecular formula is C18H17FN2O4. The van der Waals surface area contributed by atoms with Crippen LogP contribution in [0.5, 0.6) is 0 Å². The molecule has 1 atom stereocenters. The highest BCUT2D eigenvalue weighted by Gasteiger charge is 2.26. The van der Waals surface area contributed by atoms with Crippen LogP contribution in [0, 0.1) is 5.82 Å². The standard InChI is InChI=1S/C18H17FN2O4/c1-20-18(24)21-17(23)16(13-5-3-2-4-6-13)25-15(22)11-12-7-9-14(19)10-8-12/h2-10,16H,11H2,1H3,(H2,20,21,23,24). The molecule has 25 heavy (non-hydrogen) atoms. The number of benzene rings is 2. The summed E-state index contributed by atoms with van der Waals surface area (Å²) in [6, 6.07) is 13.0. The summed E-state index contributed by atoms with van der Waals surface area (Å²) >= 11 is 0. The minimum absolute atomic E-state index is 0.128. The molecule has 0 bridgehead atoms. The molecular weight excluding hydrogens is 327 g/mol. The van der Waals surface area contributed by atoms with Crippen LogP contribution in [0.15, 0.2) is 54.6 Å². The Morgan fingerprint density at radius 1 is 1.04 bits per heavy atom. The van der Waals surface area contributed by atoms with E-state index in [1.54, 1.807) is 30.3 Å². The Bertz CT molecular complexity index is 747. The van der Waals surface area contributed by atoms with Crippen molar-refractivity contribution in [2.75, 3.05) is 7.05 Å². The number of carbonyl (C=O) groups excluding carboxylic acids is 3.